The number of carbonyl (C=O) groups is 2. The van der Waals surface area contributed by atoms with Crippen LogP contribution in [0, 0.1) is 6.92 Å². The Morgan fingerprint density at radius 3 is 2.24 bits per heavy atom. The van der Waals surface area contributed by atoms with Crippen LogP contribution in [0.25, 0.3) is 6.08 Å². The SMILES string of the molecule is Cc1ccc(CN2C(=O)S/C(=C\c3ccc(C(C)C)cc3)C2=O)cc1. The monoisotopic (exact) mass is 351 g/mol. The first-order chi connectivity index (χ1) is 11.9. The summed E-state index contributed by atoms with van der Waals surface area (Å²) in [6.07, 6.45) is 1.80. The first kappa shape index (κ1) is 17.5. The molecule has 1 aliphatic rings. The summed E-state index contributed by atoms with van der Waals surface area (Å²) >= 11 is 1.01. The van der Waals surface area contributed by atoms with Gasteiger partial charge in [-0.25, -0.2) is 0 Å². The number of amides is 2. The molecule has 0 bridgehead atoms. The Balaban J connectivity index is 1.77. The summed E-state index contributed by atoms with van der Waals surface area (Å²) in [5.41, 5.74) is 4.30. The van der Waals surface area contributed by atoms with Crippen molar-refractivity contribution in [3.05, 3.63) is 75.7 Å². The van der Waals surface area contributed by atoms with Crippen LogP contribution in [0.3, 0.4) is 0 Å². The molecule has 0 saturated carbocycles. The van der Waals surface area contributed by atoms with E-state index in [0.717, 1.165) is 28.5 Å². The molecule has 2 aromatic carbocycles. The minimum Gasteiger partial charge on any atom is -0.268 e. The maximum atomic E-state index is 12.6. The normalized spacial score (nSPS) is 16.3. The molecule has 2 amide bonds. The number of aryl methyl sites for hydroxylation is 1. The van der Waals surface area contributed by atoms with Crippen LogP contribution in [0.1, 0.15) is 42.0 Å². The molecular formula is C21H21NO2S. The molecule has 0 atom stereocenters. The number of carbonyl (C=O) groups excluding carboxylic acids is 2. The summed E-state index contributed by atoms with van der Waals surface area (Å²) in [7, 11) is 0. The van der Waals surface area contributed by atoms with Gasteiger partial charge in [0, 0.05) is 0 Å². The van der Waals surface area contributed by atoms with Gasteiger partial charge in [-0.2, -0.15) is 0 Å². The molecule has 1 heterocycles. The summed E-state index contributed by atoms with van der Waals surface area (Å²) in [5, 5.41) is -0.212. The molecule has 3 nitrogen and oxygen atoms in total. The van der Waals surface area contributed by atoms with E-state index in [9.17, 15) is 9.59 Å². The molecule has 0 N–H and O–H groups in total. The Hall–Kier alpha value is -2.33. The van der Waals surface area contributed by atoms with Crippen molar-refractivity contribution in [2.45, 2.75) is 33.2 Å². The highest BCUT2D eigenvalue weighted by molar-refractivity contribution is 8.18. The zero-order chi connectivity index (χ0) is 18.0. The van der Waals surface area contributed by atoms with Crippen LogP contribution >= 0.6 is 11.8 Å². The van der Waals surface area contributed by atoms with Crippen molar-refractivity contribution in [3.63, 3.8) is 0 Å². The second kappa shape index (κ2) is 7.28. The summed E-state index contributed by atoms with van der Waals surface area (Å²) in [4.78, 5) is 26.6. The lowest BCUT2D eigenvalue weighted by molar-refractivity contribution is -0.123. The Morgan fingerprint density at radius 1 is 1.00 bits per heavy atom. The zero-order valence-corrected chi connectivity index (χ0v) is 15.5. The summed E-state index contributed by atoms with van der Waals surface area (Å²) in [5.74, 6) is 0.249. The first-order valence-corrected chi connectivity index (χ1v) is 9.16. The fourth-order valence-electron chi connectivity index (χ4n) is 2.64. The zero-order valence-electron chi connectivity index (χ0n) is 14.7. The molecule has 0 aliphatic carbocycles. The van der Waals surface area contributed by atoms with Crippen LogP contribution in [0.5, 0.6) is 0 Å². The molecule has 25 heavy (non-hydrogen) atoms. The molecular weight excluding hydrogens is 330 g/mol. The highest BCUT2D eigenvalue weighted by atomic mass is 32.2. The number of rotatable bonds is 4. The van der Waals surface area contributed by atoms with Gasteiger partial charge in [-0.3, -0.25) is 14.5 Å². The molecule has 1 aliphatic heterocycles. The van der Waals surface area contributed by atoms with Gasteiger partial charge < -0.3 is 0 Å². The van der Waals surface area contributed by atoms with Crippen molar-refractivity contribution < 1.29 is 9.59 Å². The Labute approximate surface area is 152 Å². The van der Waals surface area contributed by atoms with Crippen molar-refractivity contribution in [1.29, 1.82) is 0 Å². The molecule has 1 fully saturated rings. The minimum absolute atomic E-state index is 0.212. The minimum atomic E-state index is -0.219. The average Bonchev–Trinajstić information content (AvgIpc) is 2.85. The number of hydrogen-bond acceptors (Lipinski definition) is 3. The number of benzene rings is 2. The van der Waals surface area contributed by atoms with E-state index in [1.54, 1.807) is 6.08 Å². The smallest absolute Gasteiger partial charge is 0.268 e. The first-order valence-electron chi connectivity index (χ1n) is 8.35. The number of nitrogens with zero attached hydrogens (tertiary/aromatic N) is 1. The topological polar surface area (TPSA) is 37.4 Å². The van der Waals surface area contributed by atoms with E-state index in [-0.39, 0.29) is 11.1 Å². The van der Waals surface area contributed by atoms with Crippen molar-refractivity contribution in [3.8, 4) is 0 Å². The van der Waals surface area contributed by atoms with E-state index in [0.29, 0.717) is 17.4 Å². The number of imide groups is 1. The van der Waals surface area contributed by atoms with Gasteiger partial charge in [-0.15, -0.1) is 0 Å². The quantitative estimate of drug-likeness (QED) is 0.696. The lowest BCUT2D eigenvalue weighted by Crippen LogP contribution is -2.27. The molecule has 0 aromatic heterocycles. The summed E-state index contributed by atoms with van der Waals surface area (Å²) < 4.78 is 0. The molecule has 128 valence electrons. The van der Waals surface area contributed by atoms with E-state index in [2.05, 4.69) is 26.0 Å². The standard InChI is InChI=1S/C21H21NO2S/c1-14(2)18-10-8-16(9-11-18)12-19-20(23)22(21(24)25-19)13-17-6-4-15(3)5-7-17/h4-12,14H,13H2,1-3H3/b19-12-. The molecule has 2 aromatic rings. The van der Waals surface area contributed by atoms with Gasteiger partial charge in [0.2, 0.25) is 0 Å². The van der Waals surface area contributed by atoms with Gasteiger partial charge in [0.25, 0.3) is 11.1 Å². The Morgan fingerprint density at radius 2 is 1.64 bits per heavy atom. The highest BCUT2D eigenvalue weighted by Crippen LogP contribution is 2.33. The van der Waals surface area contributed by atoms with Crippen LogP contribution in [0.15, 0.2) is 53.4 Å². The van der Waals surface area contributed by atoms with Crippen LogP contribution < -0.4 is 0 Å². The van der Waals surface area contributed by atoms with Gasteiger partial charge in [0.15, 0.2) is 0 Å². The third-order valence-electron chi connectivity index (χ3n) is 4.24. The van der Waals surface area contributed by atoms with Crippen molar-refractivity contribution in [2.75, 3.05) is 0 Å². The third-order valence-corrected chi connectivity index (χ3v) is 5.14. The van der Waals surface area contributed by atoms with Crippen molar-refractivity contribution in [1.82, 2.24) is 4.90 Å². The molecule has 0 spiro atoms. The molecule has 4 heteroatoms. The predicted molar refractivity (Wildman–Crippen MR) is 103 cm³/mol. The van der Waals surface area contributed by atoms with Crippen molar-refractivity contribution in [2.24, 2.45) is 0 Å². The summed E-state index contributed by atoms with van der Waals surface area (Å²) in [6, 6.07) is 16.0. The van der Waals surface area contributed by atoms with Crippen LogP contribution in [-0.4, -0.2) is 16.0 Å². The van der Waals surface area contributed by atoms with Crippen LogP contribution in [-0.2, 0) is 11.3 Å². The van der Waals surface area contributed by atoms with E-state index in [1.165, 1.54) is 10.5 Å². The summed E-state index contributed by atoms with van der Waals surface area (Å²) in [6.45, 7) is 6.61. The van der Waals surface area contributed by atoms with E-state index >= 15 is 0 Å². The predicted octanol–water partition coefficient (Wildman–Crippen LogP) is 5.35. The molecule has 1 saturated heterocycles. The molecule has 0 unspecified atom stereocenters. The van der Waals surface area contributed by atoms with Gasteiger partial charge >= 0.3 is 0 Å². The second-order valence-corrected chi connectivity index (χ2v) is 7.57. The van der Waals surface area contributed by atoms with Gasteiger partial charge in [0.1, 0.15) is 0 Å². The fourth-order valence-corrected chi connectivity index (χ4v) is 3.48. The number of thioether (sulfide) groups is 1. The van der Waals surface area contributed by atoms with E-state index in [4.69, 9.17) is 0 Å². The average molecular weight is 351 g/mol. The Kier molecular flexibility index (Phi) is 5.09. The van der Waals surface area contributed by atoms with Crippen LogP contribution in [0.2, 0.25) is 0 Å². The van der Waals surface area contributed by atoms with E-state index in [1.807, 2.05) is 43.3 Å². The maximum Gasteiger partial charge on any atom is 0.293 e. The lowest BCUT2D eigenvalue weighted by Gasteiger charge is -2.12. The fraction of sp³-hybridized carbons (Fsp3) is 0.238. The highest BCUT2D eigenvalue weighted by Gasteiger charge is 2.34. The largest absolute Gasteiger partial charge is 0.293 e. The molecule has 0 radical (unpaired) electrons. The second-order valence-electron chi connectivity index (χ2n) is 6.57. The third kappa shape index (κ3) is 4.02. The van der Waals surface area contributed by atoms with Gasteiger partial charge in [-0.05, 0) is 47.4 Å². The Bertz CT molecular complexity index is 820. The lowest BCUT2D eigenvalue weighted by atomic mass is 10.0. The van der Waals surface area contributed by atoms with Gasteiger partial charge in [-0.1, -0.05) is 67.9 Å². The van der Waals surface area contributed by atoms with Gasteiger partial charge in [0.05, 0.1) is 11.4 Å². The van der Waals surface area contributed by atoms with E-state index < -0.39 is 0 Å². The van der Waals surface area contributed by atoms with Crippen LogP contribution in [0.4, 0.5) is 4.79 Å². The number of hydrogen-bond donors (Lipinski definition) is 0. The maximum absolute atomic E-state index is 12.6. The van der Waals surface area contributed by atoms with Crippen molar-refractivity contribution >= 4 is 29.0 Å². The molecule has 3 rings (SSSR count).